The lowest BCUT2D eigenvalue weighted by Crippen LogP contribution is -2.32. The topological polar surface area (TPSA) is 38.0 Å². The molecule has 0 aromatic heterocycles. The molecule has 1 aromatic carbocycles. The summed E-state index contributed by atoms with van der Waals surface area (Å²) in [4.78, 5) is 0. The molecule has 0 saturated heterocycles. The molecule has 3 N–H and O–H groups in total. The SMILES string of the molecule is CC1(C)CC1C(NN)c1c(F)cccc1F. The summed E-state index contributed by atoms with van der Waals surface area (Å²) in [6.07, 6.45) is 0.926. The van der Waals surface area contributed by atoms with Crippen molar-refractivity contribution in [1.82, 2.24) is 5.43 Å². The van der Waals surface area contributed by atoms with E-state index >= 15 is 0 Å². The first-order chi connectivity index (χ1) is 7.47. The predicted molar refractivity (Wildman–Crippen MR) is 58.3 cm³/mol. The molecule has 2 unspecified atom stereocenters. The molecule has 0 radical (unpaired) electrons. The van der Waals surface area contributed by atoms with Gasteiger partial charge >= 0.3 is 0 Å². The molecule has 0 amide bonds. The molecule has 1 saturated carbocycles. The van der Waals surface area contributed by atoms with Crippen LogP contribution in [0, 0.1) is 23.0 Å². The third kappa shape index (κ3) is 1.83. The van der Waals surface area contributed by atoms with Crippen molar-refractivity contribution in [3.63, 3.8) is 0 Å². The highest BCUT2D eigenvalue weighted by molar-refractivity contribution is 5.26. The van der Waals surface area contributed by atoms with E-state index in [4.69, 9.17) is 5.84 Å². The fourth-order valence-electron chi connectivity index (χ4n) is 2.29. The highest BCUT2D eigenvalue weighted by atomic mass is 19.1. The normalized spacial score (nSPS) is 24.2. The minimum atomic E-state index is -0.536. The van der Waals surface area contributed by atoms with Gasteiger partial charge in [0.1, 0.15) is 11.6 Å². The Morgan fingerprint density at radius 2 is 1.88 bits per heavy atom. The van der Waals surface area contributed by atoms with E-state index in [1.807, 2.05) is 0 Å². The summed E-state index contributed by atoms with van der Waals surface area (Å²) < 4.78 is 27.2. The van der Waals surface area contributed by atoms with Gasteiger partial charge in [-0.2, -0.15) is 0 Å². The minimum absolute atomic E-state index is 0.0561. The summed E-state index contributed by atoms with van der Waals surface area (Å²) in [5, 5.41) is 0. The lowest BCUT2D eigenvalue weighted by molar-refractivity contribution is 0.393. The van der Waals surface area contributed by atoms with Gasteiger partial charge in [0.2, 0.25) is 0 Å². The molecular weight excluding hydrogens is 210 g/mol. The van der Waals surface area contributed by atoms with Crippen LogP contribution < -0.4 is 11.3 Å². The van der Waals surface area contributed by atoms with Crippen LogP contribution in [0.25, 0.3) is 0 Å². The van der Waals surface area contributed by atoms with E-state index < -0.39 is 17.7 Å². The molecule has 0 spiro atoms. The van der Waals surface area contributed by atoms with Crippen LogP contribution in [0.15, 0.2) is 18.2 Å². The van der Waals surface area contributed by atoms with Crippen LogP contribution >= 0.6 is 0 Å². The van der Waals surface area contributed by atoms with Crippen molar-refractivity contribution in [3.8, 4) is 0 Å². The summed E-state index contributed by atoms with van der Waals surface area (Å²) in [5.74, 6) is 4.53. The number of halogens is 2. The standard InChI is InChI=1S/C12H16F2N2/c1-12(2)6-7(12)11(16-15)10-8(13)4-3-5-9(10)14/h3-5,7,11,16H,6,15H2,1-2H3. The van der Waals surface area contributed by atoms with Gasteiger partial charge in [0, 0.05) is 5.56 Å². The van der Waals surface area contributed by atoms with Gasteiger partial charge in [-0.05, 0) is 29.9 Å². The van der Waals surface area contributed by atoms with Gasteiger partial charge < -0.3 is 0 Å². The maximum absolute atomic E-state index is 13.6. The van der Waals surface area contributed by atoms with Crippen LogP contribution in [0.5, 0.6) is 0 Å². The van der Waals surface area contributed by atoms with E-state index in [0.717, 1.165) is 6.42 Å². The summed E-state index contributed by atoms with van der Waals surface area (Å²) >= 11 is 0. The molecule has 1 aliphatic rings. The van der Waals surface area contributed by atoms with Gasteiger partial charge in [-0.15, -0.1) is 0 Å². The van der Waals surface area contributed by atoms with E-state index in [1.165, 1.54) is 18.2 Å². The Hall–Kier alpha value is -1.00. The van der Waals surface area contributed by atoms with Crippen LogP contribution in [-0.4, -0.2) is 0 Å². The third-order valence-electron chi connectivity index (χ3n) is 3.48. The van der Waals surface area contributed by atoms with Gasteiger partial charge in [0.05, 0.1) is 6.04 Å². The Morgan fingerprint density at radius 1 is 1.38 bits per heavy atom. The summed E-state index contributed by atoms with van der Waals surface area (Å²) in [6.45, 7) is 4.14. The lowest BCUT2D eigenvalue weighted by Gasteiger charge is -2.19. The Balaban J connectivity index is 2.35. The second-order valence-electron chi connectivity index (χ2n) is 5.08. The predicted octanol–water partition coefficient (Wildman–Crippen LogP) is 2.52. The van der Waals surface area contributed by atoms with Gasteiger partial charge in [0.25, 0.3) is 0 Å². The van der Waals surface area contributed by atoms with E-state index in [1.54, 1.807) is 0 Å². The molecule has 16 heavy (non-hydrogen) atoms. The van der Waals surface area contributed by atoms with Gasteiger partial charge in [-0.3, -0.25) is 11.3 Å². The van der Waals surface area contributed by atoms with Crippen LogP contribution in [0.3, 0.4) is 0 Å². The Labute approximate surface area is 93.8 Å². The van der Waals surface area contributed by atoms with E-state index in [9.17, 15) is 8.78 Å². The molecule has 0 aliphatic heterocycles. The van der Waals surface area contributed by atoms with E-state index in [-0.39, 0.29) is 16.9 Å². The number of hydrazine groups is 1. The maximum Gasteiger partial charge on any atom is 0.130 e. The van der Waals surface area contributed by atoms with Crippen molar-refractivity contribution < 1.29 is 8.78 Å². The molecule has 1 aromatic rings. The van der Waals surface area contributed by atoms with Crippen molar-refractivity contribution in [1.29, 1.82) is 0 Å². The first kappa shape index (κ1) is 11.5. The maximum atomic E-state index is 13.6. The van der Waals surface area contributed by atoms with Crippen molar-refractivity contribution in [2.45, 2.75) is 26.3 Å². The highest BCUT2D eigenvalue weighted by Crippen LogP contribution is 2.57. The van der Waals surface area contributed by atoms with Crippen LogP contribution in [0.1, 0.15) is 31.9 Å². The molecule has 88 valence electrons. The second-order valence-corrected chi connectivity index (χ2v) is 5.08. The number of nitrogens with one attached hydrogen (secondary N) is 1. The van der Waals surface area contributed by atoms with Gasteiger partial charge in [-0.1, -0.05) is 19.9 Å². The average Bonchev–Trinajstić information content (AvgIpc) is 2.81. The number of rotatable bonds is 3. The van der Waals surface area contributed by atoms with Crippen molar-refractivity contribution in [3.05, 3.63) is 35.4 Å². The molecule has 1 aliphatic carbocycles. The zero-order chi connectivity index (χ0) is 11.9. The molecule has 0 bridgehead atoms. The molecule has 4 heteroatoms. The summed E-state index contributed by atoms with van der Waals surface area (Å²) in [6, 6.07) is 3.44. The van der Waals surface area contributed by atoms with Crippen molar-refractivity contribution in [2.24, 2.45) is 17.2 Å². The first-order valence-electron chi connectivity index (χ1n) is 5.37. The van der Waals surface area contributed by atoms with Crippen molar-refractivity contribution in [2.75, 3.05) is 0 Å². The zero-order valence-corrected chi connectivity index (χ0v) is 9.43. The molecule has 1 fully saturated rings. The first-order valence-corrected chi connectivity index (χ1v) is 5.37. The number of benzene rings is 1. The smallest absolute Gasteiger partial charge is 0.130 e. The lowest BCUT2D eigenvalue weighted by atomic mass is 9.96. The Bertz CT molecular complexity index is 384. The monoisotopic (exact) mass is 226 g/mol. The van der Waals surface area contributed by atoms with E-state index in [0.29, 0.717) is 0 Å². The van der Waals surface area contributed by atoms with Crippen LogP contribution in [0.2, 0.25) is 0 Å². The van der Waals surface area contributed by atoms with Crippen LogP contribution in [-0.2, 0) is 0 Å². The highest BCUT2D eigenvalue weighted by Gasteiger charge is 2.51. The number of hydrogen-bond donors (Lipinski definition) is 2. The third-order valence-corrected chi connectivity index (χ3v) is 3.48. The number of nitrogens with two attached hydrogens (primary N) is 1. The molecule has 2 nitrogen and oxygen atoms in total. The second kappa shape index (κ2) is 3.79. The molecule has 2 atom stereocenters. The van der Waals surface area contributed by atoms with Crippen molar-refractivity contribution >= 4 is 0 Å². The largest absolute Gasteiger partial charge is 0.271 e. The van der Waals surface area contributed by atoms with E-state index in [2.05, 4.69) is 19.3 Å². The molecule has 0 heterocycles. The molecular formula is C12H16F2N2. The Kier molecular flexibility index (Phi) is 2.72. The van der Waals surface area contributed by atoms with Crippen LogP contribution in [0.4, 0.5) is 8.78 Å². The minimum Gasteiger partial charge on any atom is -0.271 e. The Morgan fingerprint density at radius 3 is 2.25 bits per heavy atom. The fourth-order valence-corrected chi connectivity index (χ4v) is 2.29. The quantitative estimate of drug-likeness (QED) is 0.614. The summed E-state index contributed by atoms with van der Waals surface area (Å²) in [5.41, 5.74) is 2.70. The van der Waals surface area contributed by atoms with Gasteiger partial charge in [0.15, 0.2) is 0 Å². The molecule has 2 rings (SSSR count). The average molecular weight is 226 g/mol. The fraction of sp³-hybridized carbons (Fsp3) is 0.500. The summed E-state index contributed by atoms with van der Waals surface area (Å²) in [7, 11) is 0. The van der Waals surface area contributed by atoms with Gasteiger partial charge in [-0.25, -0.2) is 8.78 Å². The zero-order valence-electron chi connectivity index (χ0n) is 9.43. The number of hydrogen-bond acceptors (Lipinski definition) is 2.